The Hall–Kier alpha value is -3.42. The lowest BCUT2D eigenvalue weighted by atomic mass is 10.0. The lowest BCUT2D eigenvalue weighted by Gasteiger charge is -2.27. The summed E-state index contributed by atoms with van der Waals surface area (Å²) in [6, 6.07) is 15.3. The van der Waals surface area contributed by atoms with E-state index < -0.39 is 24.3 Å². The second kappa shape index (κ2) is 11.3. The fraction of sp³-hybridized carbons (Fsp3) is 0.333. The molecule has 146 valence electrons. The maximum Gasteiger partial charge on any atom is 0.119 e. The third-order valence-corrected chi connectivity index (χ3v) is 3.87. The number of benzene rings is 2. The first-order valence-electron chi connectivity index (χ1n) is 8.46. The van der Waals surface area contributed by atoms with E-state index in [4.69, 9.17) is 20.5 Å². The monoisotopic (exact) mass is 384 g/mol. The first-order chi connectivity index (χ1) is 13.7. The number of azide groups is 2. The predicted molar refractivity (Wildman–Crippen MR) is 102 cm³/mol. The van der Waals surface area contributed by atoms with E-state index in [1.165, 1.54) is 0 Å². The fourth-order valence-electron chi connectivity index (χ4n) is 2.38. The maximum absolute atomic E-state index is 10.4. The van der Waals surface area contributed by atoms with E-state index in [1.807, 2.05) is 12.1 Å². The minimum Gasteiger partial charge on any atom is -0.493 e. The molecule has 10 heteroatoms. The molecule has 0 bridgehead atoms. The van der Waals surface area contributed by atoms with Crippen LogP contribution in [0.3, 0.4) is 0 Å². The van der Waals surface area contributed by atoms with Gasteiger partial charge in [-0.3, -0.25) is 0 Å². The third kappa shape index (κ3) is 6.39. The van der Waals surface area contributed by atoms with Crippen LogP contribution in [0.1, 0.15) is 0 Å². The van der Waals surface area contributed by atoms with Crippen molar-refractivity contribution in [1.29, 1.82) is 0 Å². The molecule has 0 aliphatic carbocycles. The van der Waals surface area contributed by atoms with E-state index in [-0.39, 0.29) is 13.2 Å². The van der Waals surface area contributed by atoms with Gasteiger partial charge in [-0.25, -0.2) is 0 Å². The molecule has 2 aromatic carbocycles. The fourth-order valence-corrected chi connectivity index (χ4v) is 2.38. The van der Waals surface area contributed by atoms with Crippen LogP contribution >= 0.6 is 0 Å². The Morgan fingerprint density at radius 1 is 0.714 bits per heavy atom. The van der Waals surface area contributed by atoms with Crippen LogP contribution in [-0.2, 0) is 0 Å². The van der Waals surface area contributed by atoms with E-state index in [0.29, 0.717) is 11.5 Å². The molecule has 0 fully saturated rings. The van der Waals surface area contributed by atoms with Crippen molar-refractivity contribution in [2.75, 3.05) is 13.2 Å². The molecule has 0 amide bonds. The Kier molecular flexibility index (Phi) is 8.45. The SMILES string of the molecule is [N-]=[N+]=N[C@@H](COc1ccccc1)[C@H](O)[C@@H](O)[C@H](COc1ccccc1)N=[N+]=[N-]. The van der Waals surface area contributed by atoms with Crippen molar-refractivity contribution in [3.8, 4) is 11.5 Å². The van der Waals surface area contributed by atoms with E-state index >= 15 is 0 Å². The number of rotatable bonds is 11. The molecular formula is C18H20N6O4. The zero-order valence-electron chi connectivity index (χ0n) is 14.9. The summed E-state index contributed by atoms with van der Waals surface area (Å²) in [5.41, 5.74) is 17.5. The molecule has 0 heterocycles. The van der Waals surface area contributed by atoms with Crippen LogP contribution in [-0.4, -0.2) is 47.7 Å². The number of aliphatic hydroxyl groups is 2. The Morgan fingerprint density at radius 2 is 1.07 bits per heavy atom. The van der Waals surface area contributed by atoms with Gasteiger partial charge in [-0.1, -0.05) is 46.6 Å². The molecule has 2 aromatic rings. The van der Waals surface area contributed by atoms with Crippen LogP contribution in [0.2, 0.25) is 0 Å². The Morgan fingerprint density at radius 3 is 1.39 bits per heavy atom. The summed E-state index contributed by atoms with van der Waals surface area (Å²) in [6.07, 6.45) is -3.07. The summed E-state index contributed by atoms with van der Waals surface area (Å²) in [7, 11) is 0. The number of nitrogens with zero attached hydrogens (tertiary/aromatic N) is 6. The van der Waals surface area contributed by atoms with Crippen molar-refractivity contribution in [3.63, 3.8) is 0 Å². The number of hydrogen-bond donors (Lipinski definition) is 2. The van der Waals surface area contributed by atoms with E-state index in [9.17, 15) is 10.2 Å². The molecule has 0 saturated carbocycles. The molecule has 0 aromatic heterocycles. The summed E-state index contributed by atoms with van der Waals surface area (Å²) in [6.45, 7) is -0.344. The van der Waals surface area contributed by atoms with Gasteiger partial charge in [0.2, 0.25) is 0 Å². The molecule has 10 nitrogen and oxygen atoms in total. The van der Waals surface area contributed by atoms with Gasteiger partial charge in [0, 0.05) is 9.82 Å². The van der Waals surface area contributed by atoms with Crippen molar-refractivity contribution in [1.82, 2.24) is 0 Å². The summed E-state index contributed by atoms with van der Waals surface area (Å²) >= 11 is 0. The molecule has 0 saturated heterocycles. The summed E-state index contributed by atoms with van der Waals surface area (Å²) in [5.74, 6) is 1.03. The Balaban J connectivity index is 2.03. The molecule has 4 atom stereocenters. The molecule has 28 heavy (non-hydrogen) atoms. The smallest absolute Gasteiger partial charge is 0.119 e. The van der Waals surface area contributed by atoms with Gasteiger partial charge < -0.3 is 19.7 Å². The van der Waals surface area contributed by atoms with Crippen LogP contribution in [0.4, 0.5) is 0 Å². The lowest BCUT2D eigenvalue weighted by Crippen LogP contribution is -2.46. The Labute approximate surface area is 161 Å². The normalized spacial score (nSPS) is 14.5. The van der Waals surface area contributed by atoms with Gasteiger partial charge in [0.05, 0.1) is 37.5 Å². The number of para-hydroxylation sites is 2. The van der Waals surface area contributed by atoms with Gasteiger partial charge in [-0.05, 0) is 35.3 Å². The van der Waals surface area contributed by atoms with Gasteiger partial charge in [0.1, 0.15) is 11.5 Å². The lowest BCUT2D eigenvalue weighted by molar-refractivity contribution is -0.0244. The van der Waals surface area contributed by atoms with Gasteiger partial charge in [-0.2, -0.15) is 0 Å². The van der Waals surface area contributed by atoms with Gasteiger partial charge in [-0.15, -0.1) is 0 Å². The quantitative estimate of drug-likeness (QED) is 0.346. The standard InChI is InChI=1S/C18H20N6O4/c19-23-21-15(11-27-13-7-3-1-4-8-13)17(25)18(26)16(22-24-20)12-28-14-9-5-2-6-10-14/h1-10,15-18,25-26H,11-12H2/t15-,16-,17-,18-/m0/s1. The minimum atomic E-state index is -1.53. The van der Waals surface area contributed by atoms with Crippen molar-refractivity contribution < 1.29 is 19.7 Å². The molecule has 0 radical (unpaired) electrons. The van der Waals surface area contributed by atoms with Gasteiger partial charge in [0.25, 0.3) is 0 Å². The molecule has 2 N–H and O–H groups in total. The van der Waals surface area contributed by atoms with E-state index in [0.717, 1.165) is 0 Å². The Bertz CT molecular complexity index is 740. The number of aliphatic hydroxyl groups excluding tert-OH is 2. The van der Waals surface area contributed by atoms with Crippen molar-refractivity contribution in [2.45, 2.75) is 24.3 Å². The highest BCUT2D eigenvalue weighted by atomic mass is 16.5. The van der Waals surface area contributed by atoms with Crippen LogP contribution in [0, 0.1) is 0 Å². The second-order valence-electron chi connectivity index (χ2n) is 5.77. The molecule has 0 aliphatic heterocycles. The highest BCUT2D eigenvalue weighted by Crippen LogP contribution is 2.16. The number of ether oxygens (including phenoxy) is 2. The van der Waals surface area contributed by atoms with Gasteiger partial charge >= 0.3 is 0 Å². The summed E-state index contributed by atoms with van der Waals surface area (Å²) in [5, 5.41) is 27.9. The topological polar surface area (TPSA) is 156 Å². The average Bonchev–Trinajstić information content (AvgIpc) is 2.74. The predicted octanol–water partition coefficient (Wildman–Crippen LogP) is 3.22. The molecule has 2 rings (SSSR count). The summed E-state index contributed by atoms with van der Waals surface area (Å²) < 4.78 is 11.0. The first kappa shape index (κ1) is 20.9. The van der Waals surface area contributed by atoms with Crippen LogP contribution in [0.15, 0.2) is 70.9 Å². The van der Waals surface area contributed by atoms with Crippen LogP contribution in [0.5, 0.6) is 11.5 Å². The highest BCUT2D eigenvalue weighted by molar-refractivity contribution is 5.21. The van der Waals surface area contributed by atoms with E-state index in [2.05, 4.69) is 20.1 Å². The van der Waals surface area contributed by atoms with E-state index in [1.54, 1.807) is 48.5 Å². The molecule has 0 unspecified atom stereocenters. The van der Waals surface area contributed by atoms with Crippen LogP contribution in [0.25, 0.3) is 20.9 Å². The van der Waals surface area contributed by atoms with Crippen LogP contribution < -0.4 is 9.47 Å². The zero-order valence-corrected chi connectivity index (χ0v) is 14.9. The second-order valence-corrected chi connectivity index (χ2v) is 5.77. The maximum atomic E-state index is 10.4. The molecular weight excluding hydrogens is 364 g/mol. The average molecular weight is 384 g/mol. The number of hydrogen-bond acceptors (Lipinski definition) is 6. The van der Waals surface area contributed by atoms with Crippen molar-refractivity contribution in [3.05, 3.63) is 81.5 Å². The first-order valence-corrected chi connectivity index (χ1v) is 8.46. The van der Waals surface area contributed by atoms with Crippen molar-refractivity contribution >= 4 is 0 Å². The molecule has 0 spiro atoms. The largest absolute Gasteiger partial charge is 0.493 e. The zero-order chi connectivity index (χ0) is 20.2. The highest BCUT2D eigenvalue weighted by Gasteiger charge is 2.32. The minimum absolute atomic E-state index is 0.172. The van der Waals surface area contributed by atoms with Crippen molar-refractivity contribution in [2.24, 2.45) is 10.2 Å². The third-order valence-electron chi connectivity index (χ3n) is 3.87. The summed E-state index contributed by atoms with van der Waals surface area (Å²) in [4.78, 5) is 5.38. The van der Waals surface area contributed by atoms with Gasteiger partial charge in [0.15, 0.2) is 0 Å². The molecule has 0 aliphatic rings.